The third-order valence-electron chi connectivity index (χ3n) is 6.27. The minimum atomic E-state index is -0.886. The topological polar surface area (TPSA) is 116 Å². The van der Waals surface area contributed by atoms with Crippen LogP contribution in [0.5, 0.6) is 11.5 Å². The zero-order valence-corrected chi connectivity index (χ0v) is 23.1. The van der Waals surface area contributed by atoms with Crippen LogP contribution in [0.4, 0.5) is 10.5 Å². The molecule has 3 aromatic rings. The lowest BCUT2D eigenvalue weighted by molar-refractivity contribution is -0.122. The standard InChI is InChI=1S/C30H31N3O7/c1-6-38-23-12-13-26(39-7-2)25(17-23)33-28(35)24(27(34)31-30(33)37)16-21-14-18(4)32(19(21)5)22-11-9-10-20(15-22)29(36)40-8-3/h9-17H,6-8H2,1-5H3,(H,31,34,37)/b24-16+. The van der Waals surface area contributed by atoms with Gasteiger partial charge in [-0.15, -0.1) is 0 Å². The lowest BCUT2D eigenvalue weighted by atomic mass is 10.1. The van der Waals surface area contributed by atoms with Crippen molar-refractivity contribution in [2.24, 2.45) is 0 Å². The molecule has 208 valence electrons. The van der Waals surface area contributed by atoms with Crippen LogP contribution in [-0.2, 0) is 14.3 Å². The number of rotatable bonds is 9. The Labute approximate surface area is 232 Å². The van der Waals surface area contributed by atoms with E-state index in [1.54, 1.807) is 44.2 Å². The van der Waals surface area contributed by atoms with Crippen molar-refractivity contribution in [3.8, 4) is 17.2 Å². The first-order valence-electron chi connectivity index (χ1n) is 13.0. The number of nitrogens with zero attached hydrogens (tertiary/aromatic N) is 2. The molecule has 2 heterocycles. The highest BCUT2D eigenvalue weighted by molar-refractivity contribution is 6.39. The molecule has 10 heteroatoms. The summed E-state index contributed by atoms with van der Waals surface area (Å²) in [7, 11) is 0. The van der Waals surface area contributed by atoms with E-state index in [1.807, 2.05) is 37.5 Å². The number of amides is 4. The summed E-state index contributed by atoms with van der Waals surface area (Å²) in [6, 6.07) is 12.7. The fraction of sp³-hybridized carbons (Fsp3) is 0.267. The van der Waals surface area contributed by atoms with Crippen LogP contribution in [0.25, 0.3) is 11.8 Å². The molecule has 0 spiro atoms. The molecule has 10 nitrogen and oxygen atoms in total. The predicted octanol–water partition coefficient (Wildman–Crippen LogP) is 4.73. The van der Waals surface area contributed by atoms with Crippen molar-refractivity contribution in [3.63, 3.8) is 0 Å². The summed E-state index contributed by atoms with van der Waals surface area (Å²) in [5, 5.41) is 2.26. The number of carbonyl (C=O) groups is 4. The lowest BCUT2D eigenvalue weighted by Crippen LogP contribution is -2.54. The number of anilines is 1. The summed E-state index contributed by atoms with van der Waals surface area (Å²) in [5.41, 5.74) is 3.20. The number of benzene rings is 2. The third-order valence-corrected chi connectivity index (χ3v) is 6.27. The first-order valence-corrected chi connectivity index (χ1v) is 13.0. The van der Waals surface area contributed by atoms with E-state index in [4.69, 9.17) is 14.2 Å². The van der Waals surface area contributed by atoms with Crippen LogP contribution in [0.1, 0.15) is 48.1 Å². The van der Waals surface area contributed by atoms with Gasteiger partial charge in [-0.2, -0.15) is 0 Å². The van der Waals surface area contributed by atoms with Gasteiger partial charge < -0.3 is 18.8 Å². The highest BCUT2D eigenvalue weighted by Gasteiger charge is 2.38. The van der Waals surface area contributed by atoms with Gasteiger partial charge in [0.25, 0.3) is 11.8 Å². The van der Waals surface area contributed by atoms with E-state index in [0.717, 1.165) is 22.0 Å². The van der Waals surface area contributed by atoms with Crippen molar-refractivity contribution < 1.29 is 33.4 Å². The number of aryl methyl sites for hydroxylation is 1. The molecule has 1 aromatic heterocycles. The number of hydrogen-bond donors (Lipinski definition) is 1. The van der Waals surface area contributed by atoms with Crippen LogP contribution in [0.3, 0.4) is 0 Å². The van der Waals surface area contributed by atoms with Gasteiger partial charge in [0.2, 0.25) is 0 Å². The van der Waals surface area contributed by atoms with Crippen LogP contribution in [-0.4, -0.2) is 48.2 Å². The zero-order valence-electron chi connectivity index (χ0n) is 23.1. The fourth-order valence-electron chi connectivity index (χ4n) is 4.56. The lowest BCUT2D eigenvalue weighted by Gasteiger charge is -2.28. The van der Waals surface area contributed by atoms with E-state index in [9.17, 15) is 19.2 Å². The van der Waals surface area contributed by atoms with Crippen LogP contribution < -0.4 is 19.7 Å². The molecule has 0 saturated carbocycles. The van der Waals surface area contributed by atoms with Crippen molar-refractivity contribution in [1.82, 2.24) is 9.88 Å². The van der Waals surface area contributed by atoms with Crippen molar-refractivity contribution >= 4 is 35.6 Å². The Balaban J connectivity index is 1.76. The van der Waals surface area contributed by atoms with E-state index < -0.39 is 23.8 Å². The van der Waals surface area contributed by atoms with Gasteiger partial charge in [-0.1, -0.05) is 6.07 Å². The van der Waals surface area contributed by atoms with Crippen LogP contribution in [0.15, 0.2) is 54.1 Å². The molecule has 0 radical (unpaired) electrons. The molecule has 1 aliphatic heterocycles. The summed E-state index contributed by atoms with van der Waals surface area (Å²) in [6.45, 7) is 10.0. The van der Waals surface area contributed by atoms with E-state index in [1.165, 1.54) is 12.1 Å². The van der Waals surface area contributed by atoms with Gasteiger partial charge in [-0.3, -0.25) is 14.9 Å². The summed E-state index contributed by atoms with van der Waals surface area (Å²) in [6.07, 6.45) is 1.46. The molecule has 0 atom stereocenters. The maximum Gasteiger partial charge on any atom is 0.338 e. The number of urea groups is 1. The smallest absolute Gasteiger partial charge is 0.338 e. The second kappa shape index (κ2) is 11.9. The average molecular weight is 546 g/mol. The monoisotopic (exact) mass is 545 g/mol. The molecule has 4 rings (SSSR count). The Kier molecular flexibility index (Phi) is 8.37. The molecule has 1 fully saturated rings. The molecule has 0 unspecified atom stereocenters. The minimum Gasteiger partial charge on any atom is -0.494 e. The summed E-state index contributed by atoms with van der Waals surface area (Å²) in [5.74, 6) is -1.29. The Hall–Kier alpha value is -4.86. The largest absolute Gasteiger partial charge is 0.494 e. The molecule has 0 aliphatic carbocycles. The summed E-state index contributed by atoms with van der Waals surface area (Å²) >= 11 is 0. The second-order valence-electron chi connectivity index (χ2n) is 8.89. The minimum absolute atomic E-state index is 0.162. The highest BCUT2D eigenvalue weighted by Crippen LogP contribution is 2.35. The Morgan fingerprint density at radius 3 is 2.38 bits per heavy atom. The predicted molar refractivity (Wildman–Crippen MR) is 149 cm³/mol. The fourth-order valence-corrected chi connectivity index (χ4v) is 4.56. The number of aromatic nitrogens is 1. The SMILES string of the molecule is CCOC(=O)c1cccc(-n2c(C)cc(/C=C3\C(=O)NC(=O)N(c4cc(OCC)ccc4OCC)C3=O)c2C)c1. The maximum atomic E-state index is 13.7. The third kappa shape index (κ3) is 5.47. The normalized spacial score (nSPS) is 14.4. The van der Waals surface area contributed by atoms with E-state index >= 15 is 0 Å². The highest BCUT2D eigenvalue weighted by atomic mass is 16.5. The van der Waals surface area contributed by atoms with E-state index in [2.05, 4.69) is 5.32 Å². The molecule has 1 aliphatic rings. The Morgan fingerprint density at radius 1 is 0.925 bits per heavy atom. The Morgan fingerprint density at radius 2 is 1.68 bits per heavy atom. The summed E-state index contributed by atoms with van der Waals surface area (Å²) in [4.78, 5) is 52.6. The molecular weight excluding hydrogens is 514 g/mol. The first-order chi connectivity index (χ1) is 19.2. The molecule has 4 amide bonds. The maximum absolute atomic E-state index is 13.7. The van der Waals surface area contributed by atoms with Gasteiger partial charge in [0.1, 0.15) is 17.1 Å². The van der Waals surface area contributed by atoms with Gasteiger partial charge in [-0.05, 0) is 82.7 Å². The van der Waals surface area contributed by atoms with Gasteiger partial charge in [0, 0.05) is 23.1 Å². The van der Waals surface area contributed by atoms with E-state index in [0.29, 0.717) is 35.8 Å². The van der Waals surface area contributed by atoms with Gasteiger partial charge in [-0.25, -0.2) is 14.5 Å². The van der Waals surface area contributed by atoms with Crippen molar-refractivity contribution in [3.05, 3.63) is 76.6 Å². The number of hydrogen-bond acceptors (Lipinski definition) is 7. The molecule has 40 heavy (non-hydrogen) atoms. The Bertz CT molecular complexity index is 1520. The number of imide groups is 2. The number of carbonyl (C=O) groups excluding carboxylic acids is 4. The molecule has 1 saturated heterocycles. The number of nitrogens with one attached hydrogen (secondary N) is 1. The second-order valence-corrected chi connectivity index (χ2v) is 8.89. The summed E-state index contributed by atoms with van der Waals surface area (Å²) < 4.78 is 18.2. The van der Waals surface area contributed by atoms with Gasteiger partial charge in [0.05, 0.1) is 31.1 Å². The molecule has 2 aromatic carbocycles. The zero-order chi connectivity index (χ0) is 29.0. The number of barbiturate groups is 1. The average Bonchev–Trinajstić information content (AvgIpc) is 3.20. The van der Waals surface area contributed by atoms with E-state index in [-0.39, 0.29) is 17.9 Å². The molecule has 1 N–H and O–H groups in total. The van der Waals surface area contributed by atoms with Gasteiger partial charge in [0.15, 0.2) is 0 Å². The van der Waals surface area contributed by atoms with Crippen molar-refractivity contribution in [2.75, 3.05) is 24.7 Å². The molecular formula is C30H31N3O7. The quantitative estimate of drug-likeness (QED) is 0.235. The number of esters is 1. The molecule has 0 bridgehead atoms. The van der Waals surface area contributed by atoms with Crippen LogP contribution >= 0.6 is 0 Å². The van der Waals surface area contributed by atoms with Crippen molar-refractivity contribution in [1.29, 1.82) is 0 Å². The van der Waals surface area contributed by atoms with Gasteiger partial charge >= 0.3 is 12.0 Å². The van der Waals surface area contributed by atoms with Crippen molar-refractivity contribution in [2.45, 2.75) is 34.6 Å². The van der Waals surface area contributed by atoms with Crippen LogP contribution in [0.2, 0.25) is 0 Å². The van der Waals surface area contributed by atoms with Crippen LogP contribution in [0, 0.1) is 13.8 Å². The number of ether oxygens (including phenoxy) is 3. The first kappa shape index (κ1) is 28.2.